The molecule has 0 unspecified atom stereocenters. The predicted octanol–water partition coefficient (Wildman–Crippen LogP) is 2.28. The minimum absolute atomic E-state index is 0.00421. The lowest BCUT2D eigenvalue weighted by Crippen LogP contribution is -2.44. The van der Waals surface area contributed by atoms with E-state index >= 15 is 4.39 Å². The number of hydrogen-bond acceptors (Lipinski definition) is 4. The van der Waals surface area contributed by atoms with Crippen molar-refractivity contribution in [3.63, 3.8) is 0 Å². The molecule has 0 aliphatic carbocycles. The molecule has 0 spiro atoms. The molecule has 2 aromatic rings. The van der Waals surface area contributed by atoms with Crippen molar-refractivity contribution in [2.24, 2.45) is 0 Å². The van der Waals surface area contributed by atoms with Crippen LogP contribution in [-0.4, -0.2) is 40.8 Å². The third-order valence-corrected chi connectivity index (χ3v) is 5.45. The van der Waals surface area contributed by atoms with Gasteiger partial charge in [-0.25, -0.2) is 13.6 Å². The van der Waals surface area contributed by atoms with E-state index < -0.39 is 34.1 Å². The Bertz CT molecular complexity index is 1030. The summed E-state index contributed by atoms with van der Waals surface area (Å²) in [6.45, 7) is 6.47. The first-order valence-electron chi connectivity index (χ1n) is 8.90. The second kappa shape index (κ2) is 5.76. The van der Waals surface area contributed by atoms with Crippen LogP contribution in [0.2, 0.25) is 0 Å². The average Bonchev–Trinajstić information content (AvgIpc) is 3.17. The van der Waals surface area contributed by atoms with Gasteiger partial charge in [-0.1, -0.05) is 0 Å². The number of aromatic carboxylic acids is 1. The van der Waals surface area contributed by atoms with Crippen molar-refractivity contribution in [1.29, 1.82) is 0 Å². The first kappa shape index (κ1) is 17.9. The van der Waals surface area contributed by atoms with E-state index in [2.05, 4.69) is 5.32 Å². The zero-order valence-corrected chi connectivity index (χ0v) is 15.3. The van der Waals surface area contributed by atoms with Crippen molar-refractivity contribution in [3.8, 4) is 0 Å². The largest absolute Gasteiger partial charge is 0.477 e. The molecule has 2 atom stereocenters. The first-order valence-corrected chi connectivity index (χ1v) is 8.90. The lowest BCUT2D eigenvalue weighted by Gasteiger charge is -2.32. The zero-order valence-electron chi connectivity index (χ0n) is 15.3. The number of carboxylic acid groups (broad SMARTS) is 1. The number of carbonyl (C=O) groups is 1. The van der Waals surface area contributed by atoms with Crippen molar-refractivity contribution in [1.82, 2.24) is 9.88 Å². The van der Waals surface area contributed by atoms with Gasteiger partial charge in [-0.3, -0.25) is 4.79 Å². The molecule has 27 heavy (non-hydrogen) atoms. The average molecular weight is 377 g/mol. The molecular formula is C19H21F2N3O3. The number of aromatic nitrogens is 1. The van der Waals surface area contributed by atoms with Crippen molar-refractivity contribution in [3.05, 3.63) is 39.7 Å². The third-order valence-electron chi connectivity index (χ3n) is 5.45. The molecule has 0 radical (unpaired) electrons. The van der Waals surface area contributed by atoms with E-state index in [1.54, 1.807) is 25.7 Å². The van der Waals surface area contributed by atoms with Crippen LogP contribution < -0.4 is 15.6 Å². The van der Waals surface area contributed by atoms with Gasteiger partial charge in [-0.05, 0) is 33.3 Å². The molecule has 6 nitrogen and oxygen atoms in total. The third kappa shape index (κ3) is 2.62. The Hall–Kier alpha value is -2.48. The number of pyridine rings is 1. The summed E-state index contributed by atoms with van der Waals surface area (Å²) in [7, 11) is 0. The van der Waals surface area contributed by atoms with Crippen molar-refractivity contribution < 1.29 is 18.7 Å². The van der Waals surface area contributed by atoms with Gasteiger partial charge in [0.15, 0.2) is 5.82 Å². The van der Waals surface area contributed by atoms with Gasteiger partial charge in [0.1, 0.15) is 17.1 Å². The quantitative estimate of drug-likeness (QED) is 0.840. The lowest BCUT2D eigenvalue weighted by atomic mass is 10.0. The van der Waals surface area contributed by atoms with Crippen molar-refractivity contribution in [2.45, 2.75) is 44.8 Å². The van der Waals surface area contributed by atoms with Crippen LogP contribution in [0.25, 0.3) is 10.9 Å². The van der Waals surface area contributed by atoms with Crippen LogP contribution in [-0.2, 0) is 5.54 Å². The van der Waals surface area contributed by atoms with E-state index in [9.17, 15) is 19.1 Å². The maximum atomic E-state index is 15.6. The Balaban J connectivity index is 2.06. The molecule has 1 aromatic heterocycles. The summed E-state index contributed by atoms with van der Waals surface area (Å²) in [6, 6.07) is 1.18. The SMILES string of the molecule is CC(C)(C)n1cc(C(=O)O)c(=O)c2cc(F)c(N3C[C@H]4C[C@@H]3CN4)c(F)c21. The molecule has 4 rings (SSSR count). The van der Waals surface area contributed by atoms with Gasteiger partial charge >= 0.3 is 5.97 Å². The van der Waals surface area contributed by atoms with Crippen LogP contribution in [0.5, 0.6) is 0 Å². The highest BCUT2D eigenvalue weighted by Gasteiger charge is 2.40. The number of carboxylic acids is 1. The van der Waals surface area contributed by atoms with Gasteiger partial charge in [-0.2, -0.15) is 0 Å². The fraction of sp³-hybridized carbons (Fsp3) is 0.474. The van der Waals surface area contributed by atoms with Gasteiger partial charge in [0.2, 0.25) is 5.43 Å². The summed E-state index contributed by atoms with van der Waals surface area (Å²) in [6.07, 6.45) is 1.97. The summed E-state index contributed by atoms with van der Waals surface area (Å²) in [5.41, 5.74) is -2.31. The summed E-state index contributed by atoms with van der Waals surface area (Å²) >= 11 is 0. The molecule has 8 heteroatoms. The molecule has 0 saturated carbocycles. The van der Waals surface area contributed by atoms with Gasteiger partial charge in [-0.15, -0.1) is 0 Å². The van der Waals surface area contributed by atoms with E-state index in [-0.39, 0.29) is 28.7 Å². The van der Waals surface area contributed by atoms with E-state index in [0.29, 0.717) is 13.1 Å². The minimum atomic E-state index is -1.42. The Kier molecular flexibility index (Phi) is 3.82. The second-order valence-electron chi connectivity index (χ2n) is 8.28. The normalized spacial score (nSPS) is 22.0. The Morgan fingerprint density at radius 1 is 1.33 bits per heavy atom. The summed E-state index contributed by atoms with van der Waals surface area (Å²) in [5.74, 6) is -3.08. The Morgan fingerprint density at radius 2 is 2.04 bits per heavy atom. The van der Waals surface area contributed by atoms with Gasteiger partial charge in [0.05, 0.1) is 10.9 Å². The van der Waals surface area contributed by atoms with Crippen LogP contribution in [0.4, 0.5) is 14.5 Å². The standard InChI is InChI=1S/C19H21F2N3O3/c1-19(2,3)24-8-12(18(26)27)17(25)11-5-13(20)16(14(21)15(11)24)23-7-9-4-10(23)6-22-9/h5,8-10,22H,4,6-7H2,1-3H3,(H,26,27)/t9-,10-/m1/s1. The smallest absolute Gasteiger partial charge is 0.341 e. The van der Waals surface area contributed by atoms with Gasteiger partial charge in [0.25, 0.3) is 0 Å². The lowest BCUT2D eigenvalue weighted by molar-refractivity contribution is 0.0694. The molecule has 1 aromatic carbocycles. The van der Waals surface area contributed by atoms with Crippen LogP contribution in [0, 0.1) is 11.6 Å². The fourth-order valence-electron chi connectivity index (χ4n) is 4.18. The van der Waals surface area contributed by atoms with Crippen LogP contribution in [0.1, 0.15) is 37.6 Å². The van der Waals surface area contributed by atoms with Crippen LogP contribution in [0.15, 0.2) is 17.1 Å². The molecule has 0 amide bonds. The number of anilines is 1. The van der Waals surface area contributed by atoms with E-state index in [4.69, 9.17) is 0 Å². The minimum Gasteiger partial charge on any atom is -0.477 e. The second-order valence-corrected chi connectivity index (χ2v) is 8.28. The molecule has 2 N–H and O–H groups in total. The maximum Gasteiger partial charge on any atom is 0.341 e. The monoisotopic (exact) mass is 377 g/mol. The summed E-state index contributed by atoms with van der Waals surface area (Å²) in [5, 5.41) is 12.4. The van der Waals surface area contributed by atoms with E-state index in [0.717, 1.165) is 18.7 Å². The van der Waals surface area contributed by atoms with E-state index in [1.165, 1.54) is 4.57 Å². The number of fused-ring (bicyclic) bond motifs is 3. The fourth-order valence-corrected chi connectivity index (χ4v) is 4.18. The maximum absolute atomic E-state index is 15.6. The first-order chi connectivity index (χ1) is 12.6. The molecule has 2 aliphatic heterocycles. The molecule has 2 aliphatic rings. The Morgan fingerprint density at radius 3 is 2.56 bits per heavy atom. The number of piperazine rings is 1. The summed E-state index contributed by atoms with van der Waals surface area (Å²) in [4.78, 5) is 25.7. The van der Waals surface area contributed by atoms with Crippen molar-refractivity contribution >= 4 is 22.6 Å². The molecular weight excluding hydrogens is 356 g/mol. The zero-order chi connectivity index (χ0) is 19.7. The molecule has 2 saturated heterocycles. The highest BCUT2D eigenvalue weighted by Crippen LogP contribution is 2.37. The topological polar surface area (TPSA) is 74.6 Å². The van der Waals surface area contributed by atoms with Crippen molar-refractivity contribution in [2.75, 3.05) is 18.0 Å². The summed E-state index contributed by atoms with van der Waals surface area (Å²) < 4.78 is 31.9. The van der Waals surface area contributed by atoms with E-state index in [1.807, 2.05) is 0 Å². The predicted molar refractivity (Wildman–Crippen MR) is 97.6 cm³/mol. The van der Waals surface area contributed by atoms with Gasteiger partial charge < -0.3 is 19.9 Å². The Labute approximate surface area is 154 Å². The van der Waals surface area contributed by atoms with Crippen LogP contribution in [0.3, 0.4) is 0 Å². The number of halogens is 2. The number of benzene rings is 1. The number of nitrogens with zero attached hydrogens (tertiary/aromatic N) is 2. The van der Waals surface area contributed by atoms with Gasteiger partial charge in [0, 0.05) is 36.9 Å². The van der Waals surface area contributed by atoms with Crippen LogP contribution >= 0.6 is 0 Å². The molecule has 3 heterocycles. The number of hydrogen-bond donors (Lipinski definition) is 2. The number of rotatable bonds is 2. The molecule has 2 fully saturated rings. The molecule has 144 valence electrons. The number of nitrogens with one attached hydrogen (secondary N) is 1. The highest BCUT2D eigenvalue weighted by atomic mass is 19.1. The highest BCUT2D eigenvalue weighted by molar-refractivity contribution is 5.94. The molecule has 2 bridgehead atoms.